The highest BCUT2D eigenvalue weighted by Crippen LogP contribution is 2.44. The van der Waals surface area contributed by atoms with Crippen molar-refractivity contribution in [1.29, 1.82) is 0 Å². The number of halogens is 1. The zero-order chi connectivity index (χ0) is 24.5. The van der Waals surface area contributed by atoms with Crippen LogP contribution in [0, 0.1) is 11.7 Å². The van der Waals surface area contributed by atoms with Crippen LogP contribution in [0.15, 0.2) is 66.7 Å². The Morgan fingerprint density at radius 2 is 1.60 bits per heavy atom. The fourth-order valence-electron chi connectivity index (χ4n) is 4.83. The molecule has 0 radical (unpaired) electrons. The van der Waals surface area contributed by atoms with Gasteiger partial charge in [0.2, 0.25) is 0 Å². The molecule has 0 atom stereocenters. The minimum atomic E-state index is -0.914. The van der Waals surface area contributed by atoms with E-state index in [1.165, 1.54) is 11.0 Å². The van der Waals surface area contributed by atoms with Crippen LogP contribution in [0.1, 0.15) is 33.8 Å². The van der Waals surface area contributed by atoms with Gasteiger partial charge in [-0.1, -0.05) is 48.5 Å². The zero-order valence-corrected chi connectivity index (χ0v) is 18.7. The third-order valence-electron chi connectivity index (χ3n) is 6.44. The Morgan fingerprint density at radius 1 is 0.971 bits per heavy atom. The summed E-state index contributed by atoms with van der Waals surface area (Å²) in [4.78, 5) is 37.4. The van der Waals surface area contributed by atoms with Crippen molar-refractivity contribution in [2.45, 2.75) is 12.3 Å². The SMILES string of the molecule is O=C(O)CC1CN(C(=O)c2cc(F)cc(NC(=O)OCC3c4ccccc4-c4ccccc43)c2)C1. The molecule has 3 aromatic carbocycles. The van der Waals surface area contributed by atoms with Crippen molar-refractivity contribution in [2.24, 2.45) is 5.92 Å². The van der Waals surface area contributed by atoms with Crippen LogP contribution in [-0.4, -0.2) is 47.7 Å². The third-order valence-corrected chi connectivity index (χ3v) is 6.44. The lowest BCUT2D eigenvalue weighted by atomic mass is 9.95. The molecule has 3 aromatic rings. The highest BCUT2D eigenvalue weighted by atomic mass is 19.1. The van der Waals surface area contributed by atoms with Gasteiger partial charge in [0.05, 0.1) is 6.42 Å². The highest BCUT2D eigenvalue weighted by molar-refractivity contribution is 5.97. The minimum absolute atomic E-state index is 0.0124. The molecule has 178 valence electrons. The van der Waals surface area contributed by atoms with Crippen molar-refractivity contribution >= 4 is 23.7 Å². The minimum Gasteiger partial charge on any atom is -0.481 e. The molecule has 0 saturated carbocycles. The summed E-state index contributed by atoms with van der Waals surface area (Å²) in [6, 6.07) is 19.6. The fourth-order valence-corrected chi connectivity index (χ4v) is 4.83. The summed E-state index contributed by atoms with van der Waals surface area (Å²) in [6.45, 7) is 0.716. The maximum atomic E-state index is 14.2. The van der Waals surface area contributed by atoms with E-state index in [0.717, 1.165) is 34.4 Å². The van der Waals surface area contributed by atoms with Crippen LogP contribution < -0.4 is 5.32 Å². The standard InChI is InChI=1S/C27H23FN2O5/c28-18-10-17(26(33)30-13-16(14-30)9-25(31)32)11-19(12-18)29-27(34)35-15-24-22-7-3-1-5-20(22)21-6-2-4-8-23(21)24/h1-8,10-12,16,24H,9,13-15H2,(H,29,34)(H,31,32). The normalized spacial score (nSPS) is 14.6. The van der Waals surface area contributed by atoms with Crippen LogP contribution in [0.5, 0.6) is 0 Å². The topological polar surface area (TPSA) is 95.9 Å². The third kappa shape index (κ3) is 4.59. The van der Waals surface area contributed by atoms with E-state index in [9.17, 15) is 18.8 Å². The summed E-state index contributed by atoms with van der Waals surface area (Å²) in [5.74, 6) is -2.22. The number of carbonyl (C=O) groups is 3. The molecule has 1 aliphatic carbocycles. The Bertz CT molecular complexity index is 1270. The second-order valence-electron chi connectivity index (χ2n) is 8.85. The van der Waals surface area contributed by atoms with Gasteiger partial charge in [0.25, 0.3) is 5.91 Å². The van der Waals surface area contributed by atoms with E-state index >= 15 is 0 Å². The van der Waals surface area contributed by atoms with Crippen molar-refractivity contribution in [3.8, 4) is 11.1 Å². The van der Waals surface area contributed by atoms with Crippen molar-refractivity contribution in [2.75, 3.05) is 25.0 Å². The quantitative estimate of drug-likeness (QED) is 0.538. The molecule has 8 heteroatoms. The molecular weight excluding hydrogens is 451 g/mol. The fraction of sp³-hybridized carbons (Fsp3) is 0.222. The van der Waals surface area contributed by atoms with Crippen molar-refractivity contribution in [1.82, 2.24) is 4.90 Å². The number of carbonyl (C=O) groups excluding carboxylic acids is 2. The number of nitrogens with zero attached hydrogens (tertiary/aromatic N) is 1. The second kappa shape index (κ2) is 9.21. The van der Waals surface area contributed by atoms with Crippen molar-refractivity contribution in [3.05, 3.63) is 89.2 Å². The maximum Gasteiger partial charge on any atom is 0.411 e. The Balaban J connectivity index is 1.23. The first kappa shape index (κ1) is 22.6. The summed E-state index contributed by atoms with van der Waals surface area (Å²) >= 11 is 0. The lowest BCUT2D eigenvalue weighted by Crippen LogP contribution is -2.50. The molecular formula is C27H23FN2O5. The van der Waals surface area contributed by atoms with E-state index in [2.05, 4.69) is 5.32 Å². The first-order valence-electron chi connectivity index (χ1n) is 11.3. The Labute approximate surface area is 201 Å². The molecule has 1 aliphatic heterocycles. The number of rotatable bonds is 6. The molecule has 0 bridgehead atoms. The second-order valence-corrected chi connectivity index (χ2v) is 8.85. The van der Waals surface area contributed by atoms with E-state index in [4.69, 9.17) is 9.84 Å². The molecule has 1 heterocycles. The molecule has 1 fully saturated rings. The number of hydrogen-bond donors (Lipinski definition) is 2. The van der Waals surface area contributed by atoms with Gasteiger partial charge in [-0.25, -0.2) is 9.18 Å². The van der Waals surface area contributed by atoms with Gasteiger partial charge in [0.15, 0.2) is 0 Å². The number of ether oxygens (including phenoxy) is 1. The number of benzene rings is 3. The molecule has 5 rings (SSSR count). The zero-order valence-electron chi connectivity index (χ0n) is 18.7. The number of aliphatic carboxylic acids is 1. The lowest BCUT2D eigenvalue weighted by Gasteiger charge is -2.38. The van der Waals surface area contributed by atoms with E-state index < -0.39 is 23.8 Å². The van der Waals surface area contributed by atoms with E-state index in [1.807, 2.05) is 48.5 Å². The first-order valence-corrected chi connectivity index (χ1v) is 11.3. The summed E-state index contributed by atoms with van der Waals surface area (Å²) in [6.07, 6.45) is -0.761. The van der Waals surface area contributed by atoms with Crippen LogP contribution in [0.4, 0.5) is 14.9 Å². The van der Waals surface area contributed by atoms with Crippen LogP contribution in [0.3, 0.4) is 0 Å². The summed E-state index contributed by atoms with van der Waals surface area (Å²) in [5, 5.41) is 11.4. The first-order chi connectivity index (χ1) is 16.9. The Hall–Kier alpha value is -4.20. The van der Waals surface area contributed by atoms with Crippen molar-refractivity contribution < 1.29 is 28.6 Å². The number of carboxylic acid groups (broad SMARTS) is 1. The Kier molecular flexibility index (Phi) is 5.94. The molecule has 2 amide bonds. The number of anilines is 1. The number of fused-ring (bicyclic) bond motifs is 3. The summed E-state index contributed by atoms with van der Waals surface area (Å²) in [5.41, 5.74) is 4.57. The van der Waals surface area contributed by atoms with Crippen LogP contribution in [-0.2, 0) is 9.53 Å². The van der Waals surface area contributed by atoms with Gasteiger partial charge in [-0.3, -0.25) is 14.9 Å². The summed E-state index contributed by atoms with van der Waals surface area (Å²) < 4.78 is 19.7. The van der Waals surface area contributed by atoms with Gasteiger partial charge in [-0.05, 0) is 40.5 Å². The van der Waals surface area contributed by atoms with Crippen molar-refractivity contribution in [3.63, 3.8) is 0 Å². The highest BCUT2D eigenvalue weighted by Gasteiger charge is 2.33. The van der Waals surface area contributed by atoms with E-state index in [0.29, 0.717) is 13.1 Å². The van der Waals surface area contributed by atoms with Gasteiger partial charge in [-0.2, -0.15) is 0 Å². The largest absolute Gasteiger partial charge is 0.481 e. The molecule has 0 spiro atoms. The molecule has 7 nitrogen and oxygen atoms in total. The number of nitrogens with one attached hydrogen (secondary N) is 1. The van der Waals surface area contributed by atoms with Crippen LogP contribution in [0.2, 0.25) is 0 Å². The average Bonchev–Trinajstić information content (AvgIpc) is 3.12. The number of carboxylic acids is 1. The predicted octanol–water partition coefficient (Wildman–Crippen LogP) is 4.73. The number of hydrogen-bond acceptors (Lipinski definition) is 4. The van der Waals surface area contributed by atoms with Gasteiger partial charge < -0.3 is 14.7 Å². The average molecular weight is 474 g/mol. The van der Waals surface area contributed by atoms with Crippen LogP contribution in [0.25, 0.3) is 11.1 Å². The maximum absolute atomic E-state index is 14.2. The number of likely N-dealkylation sites (tertiary alicyclic amines) is 1. The molecule has 2 aliphatic rings. The van der Waals surface area contributed by atoms with Crippen LogP contribution >= 0.6 is 0 Å². The van der Waals surface area contributed by atoms with Gasteiger partial charge in [0, 0.05) is 36.2 Å². The molecule has 35 heavy (non-hydrogen) atoms. The van der Waals surface area contributed by atoms with Gasteiger partial charge in [0.1, 0.15) is 12.4 Å². The smallest absolute Gasteiger partial charge is 0.411 e. The lowest BCUT2D eigenvalue weighted by molar-refractivity contribution is -0.139. The molecule has 1 saturated heterocycles. The van der Waals surface area contributed by atoms with Gasteiger partial charge in [-0.15, -0.1) is 0 Å². The monoisotopic (exact) mass is 474 g/mol. The predicted molar refractivity (Wildman–Crippen MR) is 127 cm³/mol. The summed E-state index contributed by atoms with van der Waals surface area (Å²) in [7, 11) is 0. The van der Waals surface area contributed by atoms with E-state index in [-0.39, 0.29) is 36.1 Å². The Morgan fingerprint density at radius 3 is 2.23 bits per heavy atom. The number of amides is 2. The molecule has 0 aromatic heterocycles. The van der Waals surface area contributed by atoms with E-state index in [1.54, 1.807) is 0 Å². The molecule has 0 unspecified atom stereocenters. The molecule has 2 N–H and O–H groups in total. The van der Waals surface area contributed by atoms with Gasteiger partial charge >= 0.3 is 12.1 Å².